The first-order chi connectivity index (χ1) is 13.7. The smallest absolute Gasteiger partial charge is 0.263 e. The highest BCUT2D eigenvalue weighted by Crippen LogP contribution is 2.29. The second-order valence-corrected chi connectivity index (χ2v) is 7.87. The highest BCUT2D eigenvalue weighted by molar-refractivity contribution is 5.75. The Balaban J connectivity index is 1.53. The van der Waals surface area contributed by atoms with Gasteiger partial charge in [-0.25, -0.2) is 4.68 Å². The third kappa shape index (κ3) is 3.03. The summed E-state index contributed by atoms with van der Waals surface area (Å²) in [7, 11) is 0. The van der Waals surface area contributed by atoms with Crippen LogP contribution in [0, 0.1) is 6.92 Å². The van der Waals surface area contributed by atoms with E-state index in [9.17, 15) is 4.79 Å². The molecule has 0 unspecified atom stereocenters. The number of aromatic nitrogens is 4. The maximum absolute atomic E-state index is 12.6. The van der Waals surface area contributed by atoms with Gasteiger partial charge in [-0.05, 0) is 74.3 Å². The molecule has 5 rings (SSSR count). The number of allylic oxidation sites excluding steroid dienone is 2. The first kappa shape index (κ1) is 17.2. The van der Waals surface area contributed by atoms with Gasteiger partial charge in [0, 0.05) is 19.3 Å². The van der Waals surface area contributed by atoms with Crippen LogP contribution in [0.3, 0.4) is 0 Å². The molecule has 6 heteroatoms. The van der Waals surface area contributed by atoms with E-state index < -0.39 is 0 Å². The summed E-state index contributed by atoms with van der Waals surface area (Å²) < 4.78 is 1.79. The summed E-state index contributed by atoms with van der Waals surface area (Å²) >= 11 is 0. The highest BCUT2D eigenvalue weighted by atomic mass is 16.1. The third-order valence-electron chi connectivity index (χ3n) is 5.89. The molecule has 0 spiro atoms. The van der Waals surface area contributed by atoms with Gasteiger partial charge in [0.1, 0.15) is 5.39 Å². The van der Waals surface area contributed by atoms with Gasteiger partial charge in [0.05, 0.1) is 5.69 Å². The van der Waals surface area contributed by atoms with Crippen molar-refractivity contribution in [1.82, 2.24) is 19.7 Å². The van der Waals surface area contributed by atoms with Crippen molar-refractivity contribution in [2.45, 2.75) is 45.4 Å². The van der Waals surface area contributed by atoms with Gasteiger partial charge in [0.2, 0.25) is 5.95 Å². The van der Waals surface area contributed by atoms with Crippen LogP contribution in [0.5, 0.6) is 0 Å². The number of nitrogens with one attached hydrogen (secondary N) is 1. The second kappa shape index (κ2) is 6.93. The molecular weight excluding hydrogens is 350 g/mol. The lowest BCUT2D eigenvalue weighted by atomic mass is 9.92. The molecule has 0 atom stereocenters. The van der Waals surface area contributed by atoms with Crippen molar-refractivity contribution in [3.8, 4) is 5.69 Å². The van der Waals surface area contributed by atoms with Crippen LogP contribution < -0.4 is 10.5 Å². The summed E-state index contributed by atoms with van der Waals surface area (Å²) in [4.78, 5) is 22.2. The molecule has 0 radical (unpaired) electrons. The van der Waals surface area contributed by atoms with E-state index in [4.69, 9.17) is 0 Å². The number of H-pyrrole nitrogens is 1. The fourth-order valence-corrected chi connectivity index (χ4v) is 4.32. The Kier molecular flexibility index (Phi) is 4.26. The number of aryl methyl sites for hydroxylation is 1. The largest absolute Gasteiger partial charge is 0.342 e. The molecule has 1 fully saturated rings. The van der Waals surface area contributed by atoms with Gasteiger partial charge >= 0.3 is 0 Å². The predicted octanol–water partition coefficient (Wildman–Crippen LogP) is 3.97. The predicted molar refractivity (Wildman–Crippen MR) is 112 cm³/mol. The zero-order valence-corrected chi connectivity index (χ0v) is 16.2. The molecule has 1 saturated heterocycles. The topological polar surface area (TPSA) is 66.8 Å². The van der Waals surface area contributed by atoms with Crippen LogP contribution in [-0.2, 0) is 0 Å². The van der Waals surface area contributed by atoms with Crippen LogP contribution in [0.25, 0.3) is 22.3 Å². The summed E-state index contributed by atoms with van der Waals surface area (Å²) in [5, 5.41) is 5.15. The van der Waals surface area contributed by atoms with E-state index in [0.29, 0.717) is 17.0 Å². The van der Waals surface area contributed by atoms with Crippen LogP contribution in [0.4, 0.5) is 5.95 Å². The van der Waals surface area contributed by atoms with Gasteiger partial charge in [0.25, 0.3) is 5.56 Å². The Morgan fingerprint density at radius 3 is 2.71 bits per heavy atom. The zero-order chi connectivity index (χ0) is 19.1. The normalized spacial score (nSPS) is 17.3. The molecule has 3 heterocycles. The first-order valence-electron chi connectivity index (χ1n) is 10.2. The van der Waals surface area contributed by atoms with E-state index in [1.165, 1.54) is 30.4 Å². The minimum Gasteiger partial charge on any atom is -0.342 e. The Morgan fingerprint density at radius 2 is 1.96 bits per heavy atom. The number of hydrogen-bond donors (Lipinski definition) is 1. The van der Waals surface area contributed by atoms with Crippen LogP contribution in [0.2, 0.25) is 0 Å². The quantitative estimate of drug-likeness (QED) is 0.752. The molecule has 28 heavy (non-hydrogen) atoms. The van der Waals surface area contributed by atoms with E-state index in [1.54, 1.807) is 10.9 Å². The molecule has 0 amide bonds. The molecular formula is C22H25N5O. The van der Waals surface area contributed by atoms with E-state index in [1.807, 2.05) is 0 Å². The zero-order valence-electron chi connectivity index (χ0n) is 16.2. The summed E-state index contributed by atoms with van der Waals surface area (Å²) in [6.07, 6.45) is 11.3. The van der Waals surface area contributed by atoms with E-state index >= 15 is 0 Å². The molecule has 1 N–H and O–H groups in total. The molecule has 2 aromatic heterocycles. The third-order valence-corrected chi connectivity index (χ3v) is 5.89. The van der Waals surface area contributed by atoms with Gasteiger partial charge in [0.15, 0.2) is 5.65 Å². The number of fused-ring (bicyclic) bond motifs is 1. The number of nitrogens with zero attached hydrogens (tertiary/aromatic N) is 4. The minimum absolute atomic E-state index is 0.125. The van der Waals surface area contributed by atoms with Gasteiger partial charge in [-0.2, -0.15) is 4.98 Å². The van der Waals surface area contributed by atoms with Gasteiger partial charge in [-0.3, -0.25) is 9.78 Å². The van der Waals surface area contributed by atoms with E-state index in [0.717, 1.165) is 43.6 Å². The Labute approximate surface area is 163 Å². The molecule has 2 aliphatic rings. The fraction of sp³-hybridized carbons (Fsp3) is 0.409. The number of rotatable bonds is 3. The molecule has 1 aliphatic carbocycles. The number of anilines is 1. The maximum Gasteiger partial charge on any atom is 0.263 e. The van der Waals surface area contributed by atoms with E-state index in [-0.39, 0.29) is 5.56 Å². The monoisotopic (exact) mass is 375 g/mol. The van der Waals surface area contributed by atoms with Crippen LogP contribution >= 0.6 is 0 Å². The highest BCUT2D eigenvalue weighted by Gasteiger charge is 2.18. The SMILES string of the molecule is Cc1cc(C2=CCCCC2)ccc1-n1cc2c(=O)[nH]c(N3CCCC3)nc2n1. The summed E-state index contributed by atoms with van der Waals surface area (Å²) in [5.41, 5.74) is 5.25. The van der Waals surface area contributed by atoms with Crippen molar-refractivity contribution < 1.29 is 0 Å². The Bertz CT molecular complexity index is 1120. The molecule has 144 valence electrons. The second-order valence-electron chi connectivity index (χ2n) is 7.87. The van der Waals surface area contributed by atoms with Crippen molar-refractivity contribution in [3.63, 3.8) is 0 Å². The summed E-state index contributed by atoms with van der Waals surface area (Å²) in [6.45, 7) is 3.97. The van der Waals surface area contributed by atoms with Crippen molar-refractivity contribution in [2.75, 3.05) is 18.0 Å². The molecule has 6 nitrogen and oxygen atoms in total. The molecule has 0 saturated carbocycles. The fourth-order valence-electron chi connectivity index (χ4n) is 4.32. The lowest BCUT2D eigenvalue weighted by molar-refractivity contribution is 0.742. The molecule has 3 aromatic rings. The standard InChI is InChI=1S/C22H25N5O/c1-15-13-17(16-7-3-2-4-8-16)9-10-19(15)27-14-18-20(25-27)23-22(24-21(18)28)26-11-5-6-12-26/h7,9-10,13-14H,2-6,8,11-12H2,1H3,(H,23,24,25,28). The van der Waals surface area contributed by atoms with Crippen LogP contribution in [0.15, 0.2) is 35.3 Å². The minimum atomic E-state index is -0.125. The number of aromatic amines is 1. The molecule has 0 bridgehead atoms. The van der Waals surface area contributed by atoms with Crippen molar-refractivity contribution in [2.24, 2.45) is 0 Å². The van der Waals surface area contributed by atoms with Gasteiger partial charge in [-0.15, -0.1) is 5.10 Å². The lowest BCUT2D eigenvalue weighted by Crippen LogP contribution is -2.23. The van der Waals surface area contributed by atoms with Gasteiger partial charge in [-0.1, -0.05) is 12.1 Å². The van der Waals surface area contributed by atoms with Gasteiger partial charge < -0.3 is 4.90 Å². The van der Waals surface area contributed by atoms with E-state index in [2.05, 4.69) is 51.2 Å². The average Bonchev–Trinajstić information content (AvgIpc) is 3.38. The van der Waals surface area contributed by atoms with Crippen molar-refractivity contribution >= 4 is 22.6 Å². The Hall–Kier alpha value is -2.89. The first-order valence-corrected chi connectivity index (χ1v) is 10.2. The number of hydrogen-bond acceptors (Lipinski definition) is 4. The molecule has 1 aromatic carbocycles. The Morgan fingerprint density at radius 1 is 1.11 bits per heavy atom. The summed E-state index contributed by atoms with van der Waals surface area (Å²) in [6, 6.07) is 6.49. The maximum atomic E-state index is 12.6. The number of benzene rings is 1. The molecule has 1 aliphatic heterocycles. The van der Waals surface area contributed by atoms with Crippen LogP contribution in [0.1, 0.15) is 49.7 Å². The van der Waals surface area contributed by atoms with Crippen LogP contribution in [-0.4, -0.2) is 32.8 Å². The average molecular weight is 375 g/mol. The van der Waals surface area contributed by atoms with Crippen molar-refractivity contribution in [1.29, 1.82) is 0 Å². The lowest BCUT2D eigenvalue weighted by Gasteiger charge is -2.15. The summed E-state index contributed by atoms with van der Waals surface area (Å²) in [5.74, 6) is 0.636. The van der Waals surface area contributed by atoms with Crippen molar-refractivity contribution in [3.05, 3.63) is 52.0 Å².